The van der Waals surface area contributed by atoms with E-state index in [0.29, 0.717) is 0 Å². The van der Waals surface area contributed by atoms with Gasteiger partial charge in [0.1, 0.15) is 0 Å². The molecule has 0 saturated heterocycles. The highest BCUT2D eigenvalue weighted by Crippen LogP contribution is 2.28. The van der Waals surface area contributed by atoms with Gasteiger partial charge in [-0.2, -0.15) is 0 Å². The Kier molecular flexibility index (Phi) is 5.57. The molecule has 0 bridgehead atoms. The Morgan fingerprint density at radius 3 is 2.75 bits per heavy atom. The molecule has 0 spiro atoms. The second kappa shape index (κ2) is 7.20. The van der Waals surface area contributed by atoms with E-state index in [1.165, 1.54) is 12.7 Å². The summed E-state index contributed by atoms with van der Waals surface area (Å²) in [6, 6.07) is 7.43. The number of thiophene rings is 1. The van der Waals surface area contributed by atoms with Crippen LogP contribution in [0.25, 0.3) is 0 Å². The monoisotopic (exact) mass is 357 g/mol. The average Bonchev–Trinajstić information content (AvgIpc) is 2.85. The molecule has 1 aromatic heterocycles. The molecule has 0 amide bonds. The second-order valence-corrected chi connectivity index (χ2v) is 6.76. The minimum absolute atomic E-state index is 0.190. The summed E-state index contributed by atoms with van der Waals surface area (Å²) in [6.45, 7) is 2.94. The third kappa shape index (κ3) is 3.81. The summed E-state index contributed by atoms with van der Waals surface area (Å²) in [5, 5.41) is 5.56. The normalized spacial score (nSPS) is 12.4. The largest absolute Gasteiger partial charge is 0.494 e. The van der Waals surface area contributed by atoms with E-state index in [4.69, 9.17) is 4.74 Å². The number of hydrogen-bond acceptors (Lipinski definition) is 3. The van der Waals surface area contributed by atoms with Gasteiger partial charge in [-0.05, 0) is 63.6 Å². The number of likely N-dealkylation sites (N-methyl/N-ethyl adjacent to an activating group) is 1. The molecule has 1 heterocycles. The zero-order valence-corrected chi connectivity index (χ0v) is 13.9. The first-order valence-electron chi connectivity index (χ1n) is 6.43. The fraction of sp³-hybridized carbons (Fsp3) is 0.333. The van der Waals surface area contributed by atoms with E-state index in [2.05, 4.69) is 39.6 Å². The molecule has 0 aliphatic carbocycles. The summed E-state index contributed by atoms with van der Waals surface area (Å²) in [5.41, 5.74) is 2.18. The molecule has 0 aliphatic rings. The van der Waals surface area contributed by atoms with Gasteiger partial charge in [0.15, 0.2) is 11.6 Å². The van der Waals surface area contributed by atoms with E-state index in [9.17, 15) is 4.39 Å². The fourth-order valence-electron chi connectivity index (χ4n) is 2.13. The van der Waals surface area contributed by atoms with E-state index >= 15 is 0 Å². The van der Waals surface area contributed by atoms with Crippen LogP contribution in [-0.2, 0) is 6.42 Å². The SMILES string of the molecule is CCNC(Cc1ccc(OC)c(F)c1)c1csc(Br)c1. The number of rotatable bonds is 6. The zero-order chi connectivity index (χ0) is 14.5. The highest BCUT2D eigenvalue weighted by molar-refractivity contribution is 9.11. The average molecular weight is 358 g/mol. The molecule has 0 fully saturated rings. The van der Waals surface area contributed by atoms with Gasteiger partial charge in [0.25, 0.3) is 0 Å². The molecule has 2 nitrogen and oxygen atoms in total. The number of methoxy groups -OCH3 is 1. The number of ether oxygens (including phenoxy) is 1. The molecule has 1 aromatic carbocycles. The standard InChI is InChI=1S/C15H17BrFNOS/c1-3-18-13(11-8-15(16)20-9-11)7-10-4-5-14(19-2)12(17)6-10/h4-6,8-9,13,18H,3,7H2,1-2H3. The van der Waals surface area contributed by atoms with Crippen LogP contribution in [0.3, 0.4) is 0 Å². The Labute approximate surface area is 131 Å². The third-order valence-electron chi connectivity index (χ3n) is 3.10. The number of nitrogens with one attached hydrogen (secondary N) is 1. The molecule has 20 heavy (non-hydrogen) atoms. The Morgan fingerprint density at radius 2 is 2.20 bits per heavy atom. The molecular formula is C15H17BrFNOS. The van der Waals surface area contributed by atoms with Crippen molar-refractivity contribution in [3.8, 4) is 5.75 Å². The molecule has 0 radical (unpaired) electrons. The van der Waals surface area contributed by atoms with Gasteiger partial charge in [-0.1, -0.05) is 13.0 Å². The maximum atomic E-state index is 13.7. The highest BCUT2D eigenvalue weighted by Gasteiger charge is 2.14. The summed E-state index contributed by atoms with van der Waals surface area (Å²) < 4.78 is 19.8. The lowest BCUT2D eigenvalue weighted by atomic mass is 10.0. The Bertz CT molecular complexity index is 573. The predicted octanol–water partition coefficient (Wildman–Crippen LogP) is 4.55. The molecule has 0 aliphatic heterocycles. The van der Waals surface area contributed by atoms with Crippen molar-refractivity contribution in [1.29, 1.82) is 0 Å². The lowest BCUT2D eigenvalue weighted by Crippen LogP contribution is -2.22. The highest BCUT2D eigenvalue weighted by atomic mass is 79.9. The summed E-state index contributed by atoms with van der Waals surface area (Å²) in [6.07, 6.45) is 0.748. The Hall–Kier alpha value is -0.910. The van der Waals surface area contributed by atoms with Crippen LogP contribution >= 0.6 is 27.3 Å². The molecule has 5 heteroatoms. The van der Waals surface area contributed by atoms with Crippen LogP contribution in [0.5, 0.6) is 5.75 Å². The summed E-state index contributed by atoms with van der Waals surface area (Å²) in [4.78, 5) is 0. The third-order valence-corrected chi connectivity index (χ3v) is 4.62. The second-order valence-electron chi connectivity index (χ2n) is 4.47. The number of halogens is 2. The smallest absolute Gasteiger partial charge is 0.165 e. The molecule has 1 atom stereocenters. The maximum Gasteiger partial charge on any atom is 0.165 e. The first-order valence-corrected chi connectivity index (χ1v) is 8.11. The van der Waals surface area contributed by atoms with Crippen molar-refractivity contribution < 1.29 is 9.13 Å². The minimum Gasteiger partial charge on any atom is -0.494 e. The van der Waals surface area contributed by atoms with E-state index in [0.717, 1.165) is 22.3 Å². The van der Waals surface area contributed by atoms with Crippen molar-refractivity contribution in [2.45, 2.75) is 19.4 Å². The van der Waals surface area contributed by atoms with Gasteiger partial charge < -0.3 is 10.1 Å². The zero-order valence-electron chi connectivity index (χ0n) is 11.5. The fourth-order valence-corrected chi connectivity index (χ4v) is 3.36. The molecule has 1 unspecified atom stereocenters. The quantitative estimate of drug-likeness (QED) is 0.818. The van der Waals surface area contributed by atoms with Gasteiger partial charge in [-0.3, -0.25) is 0 Å². The van der Waals surface area contributed by atoms with E-state index in [-0.39, 0.29) is 17.6 Å². The van der Waals surface area contributed by atoms with Crippen molar-refractivity contribution in [3.05, 3.63) is 50.4 Å². The van der Waals surface area contributed by atoms with E-state index in [1.54, 1.807) is 23.5 Å². The lowest BCUT2D eigenvalue weighted by Gasteiger charge is -2.17. The maximum absolute atomic E-state index is 13.7. The van der Waals surface area contributed by atoms with Crippen molar-refractivity contribution in [1.82, 2.24) is 5.32 Å². The van der Waals surface area contributed by atoms with Crippen molar-refractivity contribution >= 4 is 27.3 Å². The van der Waals surface area contributed by atoms with Crippen molar-refractivity contribution in [2.75, 3.05) is 13.7 Å². The molecule has 108 valence electrons. The number of hydrogen-bond donors (Lipinski definition) is 1. The molecule has 0 saturated carbocycles. The molecule has 1 N–H and O–H groups in total. The van der Waals surface area contributed by atoms with Crippen LogP contribution in [0.1, 0.15) is 24.1 Å². The van der Waals surface area contributed by atoms with Crippen LogP contribution < -0.4 is 10.1 Å². The van der Waals surface area contributed by atoms with Crippen LogP contribution in [0, 0.1) is 5.82 Å². The van der Waals surface area contributed by atoms with Crippen LogP contribution in [-0.4, -0.2) is 13.7 Å². The van der Waals surface area contributed by atoms with Crippen LogP contribution in [0.15, 0.2) is 33.4 Å². The molecular weight excluding hydrogens is 341 g/mol. The van der Waals surface area contributed by atoms with Gasteiger partial charge in [0.05, 0.1) is 10.9 Å². The van der Waals surface area contributed by atoms with Crippen LogP contribution in [0.2, 0.25) is 0 Å². The number of benzene rings is 1. The van der Waals surface area contributed by atoms with Crippen LogP contribution in [0.4, 0.5) is 4.39 Å². The Balaban J connectivity index is 2.17. The van der Waals surface area contributed by atoms with E-state index in [1.807, 2.05) is 6.07 Å². The first kappa shape index (κ1) is 15.5. The molecule has 2 rings (SSSR count). The summed E-state index contributed by atoms with van der Waals surface area (Å²) in [7, 11) is 1.47. The first-order chi connectivity index (χ1) is 9.63. The van der Waals surface area contributed by atoms with E-state index < -0.39 is 0 Å². The summed E-state index contributed by atoms with van der Waals surface area (Å²) in [5.74, 6) is -0.0289. The van der Waals surface area contributed by atoms with Gasteiger partial charge in [-0.15, -0.1) is 11.3 Å². The summed E-state index contributed by atoms with van der Waals surface area (Å²) >= 11 is 5.14. The lowest BCUT2D eigenvalue weighted by molar-refractivity contribution is 0.386. The minimum atomic E-state index is -0.313. The van der Waals surface area contributed by atoms with Crippen molar-refractivity contribution in [2.24, 2.45) is 0 Å². The van der Waals surface area contributed by atoms with Gasteiger partial charge >= 0.3 is 0 Å². The Morgan fingerprint density at radius 1 is 1.40 bits per heavy atom. The van der Waals surface area contributed by atoms with Gasteiger partial charge in [-0.25, -0.2) is 4.39 Å². The van der Waals surface area contributed by atoms with Gasteiger partial charge in [0.2, 0.25) is 0 Å². The predicted molar refractivity (Wildman–Crippen MR) is 85.1 cm³/mol. The van der Waals surface area contributed by atoms with Gasteiger partial charge in [0, 0.05) is 6.04 Å². The topological polar surface area (TPSA) is 21.3 Å². The van der Waals surface area contributed by atoms with Crippen molar-refractivity contribution in [3.63, 3.8) is 0 Å². The molecule has 2 aromatic rings.